The van der Waals surface area contributed by atoms with Crippen LogP contribution in [0.15, 0.2) is 54.6 Å². The second kappa shape index (κ2) is 8.35. The van der Waals surface area contributed by atoms with Crippen molar-refractivity contribution in [3.63, 3.8) is 0 Å². The van der Waals surface area contributed by atoms with Crippen molar-refractivity contribution in [3.05, 3.63) is 60.4 Å². The maximum absolute atomic E-state index is 13.1. The Bertz CT molecular complexity index is 1210. The van der Waals surface area contributed by atoms with Gasteiger partial charge in [0.1, 0.15) is 16.9 Å². The van der Waals surface area contributed by atoms with Gasteiger partial charge in [-0.05, 0) is 61.4 Å². The number of aromatic nitrogens is 4. The molecule has 1 fully saturated rings. The molecule has 0 aliphatic carbocycles. The number of nitrogens with one attached hydrogen (secondary N) is 1. The summed E-state index contributed by atoms with van der Waals surface area (Å²) in [6.07, 6.45) is 1.71. The molecule has 1 aliphatic rings. The molecule has 0 saturated carbocycles. The SMILES string of the molecule is O=C(Nc1cccc2nsnc12)C1CCCN(c2ccc(-c3ccc(F)cc3)nn2)C1. The zero-order chi connectivity index (χ0) is 21.2. The highest BCUT2D eigenvalue weighted by Crippen LogP contribution is 2.26. The van der Waals surface area contributed by atoms with Crippen molar-refractivity contribution in [3.8, 4) is 11.3 Å². The summed E-state index contributed by atoms with van der Waals surface area (Å²) in [6, 6.07) is 15.5. The summed E-state index contributed by atoms with van der Waals surface area (Å²) >= 11 is 1.13. The monoisotopic (exact) mass is 434 g/mol. The number of carbonyl (C=O) groups excluding carboxylic acids is 1. The first-order chi connectivity index (χ1) is 15.2. The minimum atomic E-state index is -0.284. The number of hydrogen-bond donors (Lipinski definition) is 1. The van der Waals surface area contributed by atoms with E-state index in [0.717, 1.165) is 53.5 Å². The second-order valence-electron chi connectivity index (χ2n) is 7.50. The molecule has 5 rings (SSSR count). The number of fused-ring (bicyclic) bond motifs is 1. The van der Waals surface area contributed by atoms with Crippen LogP contribution < -0.4 is 10.2 Å². The maximum atomic E-state index is 13.1. The first-order valence-electron chi connectivity index (χ1n) is 10.0. The minimum absolute atomic E-state index is 0.0268. The van der Waals surface area contributed by atoms with E-state index < -0.39 is 0 Å². The minimum Gasteiger partial charge on any atom is -0.354 e. The number of carbonyl (C=O) groups is 1. The summed E-state index contributed by atoms with van der Waals surface area (Å²) < 4.78 is 21.6. The number of rotatable bonds is 4. The Morgan fingerprint density at radius 2 is 1.94 bits per heavy atom. The van der Waals surface area contributed by atoms with Crippen molar-refractivity contribution >= 4 is 40.2 Å². The zero-order valence-electron chi connectivity index (χ0n) is 16.5. The number of amides is 1. The van der Waals surface area contributed by atoms with Crippen molar-refractivity contribution in [2.24, 2.45) is 5.92 Å². The Balaban J connectivity index is 1.28. The van der Waals surface area contributed by atoms with Crippen LogP contribution in [0.2, 0.25) is 0 Å². The van der Waals surface area contributed by atoms with Gasteiger partial charge in [0.05, 0.1) is 29.0 Å². The van der Waals surface area contributed by atoms with E-state index in [0.29, 0.717) is 17.9 Å². The van der Waals surface area contributed by atoms with Gasteiger partial charge in [-0.2, -0.15) is 8.75 Å². The van der Waals surface area contributed by atoms with E-state index >= 15 is 0 Å². The highest BCUT2D eigenvalue weighted by atomic mass is 32.1. The Kier molecular flexibility index (Phi) is 5.25. The third kappa shape index (κ3) is 4.09. The third-order valence-corrected chi connectivity index (χ3v) is 5.99. The summed E-state index contributed by atoms with van der Waals surface area (Å²) in [5.74, 6) is 0.262. The van der Waals surface area contributed by atoms with Crippen LogP contribution in [0, 0.1) is 11.7 Å². The Hall–Kier alpha value is -3.46. The van der Waals surface area contributed by atoms with Gasteiger partial charge in [0, 0.05) is 18.7 Å². The van der Waals surface area contributed by atoms with Gasteiger partial charge in [0.25, 0.3) is 0 Å². The summed E-state index contributed by atoms with van der Waals surface area (Å²) in [5.41, 5.74) is 3.68. The first-order valence-corrected chi connectivity index (χ1v) is 10.8. The molecule has 2 aromatic heterocycles. The molecule has 0 radical (unpaired) electrons. The van der Waals surface area contributed by atoms with Crippen LogP contribution >= 0.6 is 11.7 Å². The second-order valence-corrected chi connectivity index (χ2v) is 8.02. The van der Waals surface area contributed by atoms with Crippen molar-refractivity contribution in [1.82, 2.24) is 18.9 Å². The molecule has 1 unspecified atom stereocenters. The van der Waals surface area contributed by atoms with E-state index in [9.17, 15) is 9.18 Å². The van der Waals surface area contributed by atoms with Crippen LogP contribution in [-0.2, 0) is 4.79 Å². The summed E-state index contributed by atoms with van der Waals surface area (Å²) in [7, 11) is 0. The number of nitrogens with zero attached hydrogens (tertiary/aromatic N) is 5. The zero-order valence-corrected chi connectivity index (χ0v) is 17.3. The third-order valence-electron chi connectivity index (χ3n) is 5.45. The van der Waals surface area contributed by atoms with Crippen molar-refractivity contribution < 1.29 is 9.18 Å². The summed E-state index contributed by atoms with van der Waals surface area (Å²) in [4.78, 5) is 15.0. The Morgan fingerprint density at radius 3 is 2.74 bits per heavy atom. The average molecular weight is 435 g/mol. The first kappa shape index (κ1) is 19.5. The lowest BCUT2D eigenvalue weighted by Gasteiger charge is -2.32. The largest absolute Gasteiger partial charge is 0.354 e. The van der Waals surface area contributed by atoms with Gasteiger partial charge in [-0.25, -0.2) is 4.39 Å². The normalized spacial score (nSPS) is 16.4. The summed E-state index contributed by atoms with van der Waals surface area (Å²) in [5, 5.41) is 11.7. The van der Waals surface area contributed by atoms with Crippen LogP contribution in [0.4, 0.5) is 15.9 Å². The number of anilines is 2. The van der Waals surface area contributed by atoms with Gasteiger partial charge in [-0.3, -0.25) is 4.79 Å². The molecule has 0 bridgehead atoms. The van der Waals surface area contributed by atoms with Crippen LogP contribution in [0.5, 0.6) is 0 Å². The van der Waals surface area contributed by atoms with E-state index in [2.05, 4.69) is 29.2 Å². The lowest BCUT2D eigenvalue weighted by atomic mass is 9.97. The molecule has 1 N–H and O–H groups in total. The fourth-order valence-corrected chi connectivity index (χ4v) is 4.36. The molecular weight excluding hydrogens is 415 g/mol. The molecule has 31 heavy (non-hydrogen) atoms. The molecule has 156 valence electrons. The van der Waals surface area contributed by atoms with Gasteiger partial charge < -0.3 is 10.2 Å². The van der Waals surface area contributed by atoms with Gasteiger partial charge >= 0.3 is 0 Å². The smallest absolute Gasteiger partial charge is 0.229 e. The molecule has 3 heterocycles. The molecule has 1 saturated heterocycles. The quantitative estimate of drug-likeness (QED) is 0.520. The van der Waals surface area contributed by atoms with Gasteiger partial charge in [0.2, 0.25) is 5.91 Å². The van der Waals surface area contributed by atoms with Gasteiger partial charge in [-0.15, -0.1) is 10.2 Å². The molecule has 1 atom stereocenters. The number of hydrogen-bond acceptors (Lipinski definition) is 7. The van der Waals surface area contributed by atoms with Crippen LogP contribution in [0.3, 0.4) is 0 Å². The van der Waals surface area contributed by atoms with Crippen molar-refractivity contribution in [2.75, 3.05) is 23.3 Å². The van der Waals surface area contributed by atoms with Crippen molar-refractivity contribution in [1.29, 1.82) is 0 Å². The van der Waals surface area contributed by atoms with Crippen LogP contribution in [-0.4, -0.2) is 37.9 Å². The van der Waals surface area contributed by atoms with E-state index in [1.165, 1.54) is 12.1 Å². The highest BCUT2D eigenvalue weighted by Gasteiger charge is 2.27. The molecule has 1 amide bonds. The lowest BCUT2D eigenvalue weighted by Crippen LogP contribution is -2.41. The standard InChI is InChI=1S/C22H19FN6OS/c23-16-8-6-14(7-9-16)17-10-11-20(26-25-17)29-12-2-3-15(13-29)22(30)24-18-4-1-5-19-21(18)28-31-27-19/h1,4-11,15H,2-3,12-13H2,(H,24,30). The lowest BCUT2D eigenvalue weighted by molar-refractivity contribution is -0.120. The van der Waals surface area contributed by atoms with E-state index in [4.69, 9.17) is 0 Å². The maximum Gasteiger partial charge on any atom is 0.229 e. The summed E-state index contributed by atoms with van der Waals surface area (Å²) in [6.45, 7) is 1.39. The number of piperidine rings is 1. The van der Waals surface area contributed by atoms with E-state index in [-0.39, 0.29) is 17.6 Å². The van der Waals surface area contributed by atoms with E-state index in [1.54, 1.807) is 12.1 Å². The molecule has 4 aromatic rings. The predicted octanol–water partition coefficient (Wildman–Crippen LogP) is 4.14. The Morgan fingerprint density at radius 1 is 1.06 bits per heavy atom. The molecule has 9 heteroatoms. The fourth-order valence-electron chi connectivity index (χ4n) is 3.81. The van der Waals surface area contributed by atoms with Gasteiger partial charge in [0.15, 0.2) is 5.82 Å². The van der Waals surface area contributed by atoms with Gasteiger partial charge in [-0.1, -0.05) is 6.07 Å². The highest BCUT2D eigenvalue weighted by molar-refractivity contribution is 7.00. The number of halogens is 1. The topological polar surface area (TPSA) is 83.9 Å². The Labute approximate surface area is 182 Å². The van der Waals surface area contributed by atoms with Crippen LogP contribution in [0.25, 0.3) is 22.3 Å². The fraction of sp³-hybridized carbons (Fsp3) is 0.227. The van der Waals surface area contributed by atoms with Crippen molar-refractivity contribution in [2.45, 2.75) is 12.8 Å². The predicted molar refractivity (Wildman–Crippen MR) is 118 cm³/mol. The average Bonchev–Trinajstić information content (AvgIpc) is 3.30. The van der Waals surface area contributed by atoms with Crippen LogP contribution in [0.1, 0.15) is 12.8 Å². The van der Waals surface area contributed by atoms with E-state index in [1.807, 2.05) is 30.3 Å². The number of benzene rings is 2. The molecular formula is C22H19FN6OS. The molecule has 1 aliphatic heterocycles. The molecule has 7 nitrogen and oxygen atoms in total. The molecule has 2 aromatic carbocycles. The molecule has 0 spiro atoms.